The normalized spacial score (nSPS) is 10.8. The SMILES string of the molecule is Clc1cccc(-c2cccc(-c3ccccc3-c3nc(-c4ccccc4)nc(-c4ccccc4)n3)c2)c1. The number of nitrogens with zero attached hydrogens (tertiary/aromatic N) is 3. The highest BCUT2D eigenvalue weighted by Gasteiger charge is 2.15. The van der Waals surface area contributed by atoms with E-state index in [1.54, 1.807) is 0 Å². The summed E-state index contributed by atoms with van der Waals surface area (Å²) in [5, 5.41) is 0.718. The van der Waals surface area contributed by atoms with E-state index in [1.165, 1.54) is 0 Å². The molecule has 0 radical (unpaired) electrons. The fourth-order valence-corrected chi connectivity index (χ4v) is 4.58. The van der Waals surface area contributed by atoms with Gasteiger partial charge in [-0.05, 0) is 40.5 Å². The summed E-state index contributed by atoms with van der Waals surface area (Å²) < 4.78 is 0. The third-order valence-electron chi connectivity index (χ3n) is 6.20. The molecule has 4 heteroatoms. The fraction of sp³-hybridized carbons (Fsp3) is 0. The zero-order chi connectivity index (χ0) is 25.0. The van der Waals surface area contributed by atoms with Gasteiger partial charge in [-0.2, -0.15) is 0 Å². The van der Waals surface area contributed by atoms with Crippen LogP contribution in [0.4, 0.5) is 0 Å². The molecule has 0 aliphatic rings. The third kappa shape index (κ3) is 4.90. The topological polar surface area (TPSA) is 38.7 Å². The molecule has 0 saturated carbocycles. The van der Waals surface area contributed by atoms with Crippen molar-refractivity contribution in [2.24, 2.45) is 0 Å². The van der Waals surface area contributed by atoms with Crippen LogP contribution in [0.1, 0.15) is 0 Å². The lowest BCUT2D eigenvalue weighted by Crippen LogP contribution is -2.01. The summed E-state index contributed by atoms with van der Waals surface area (Å²) in [5.74, 6) is 1.93. The second-order valence-corrected chi connectivity index (χ2v) is 9.11. The third-order valence-corrected chi connectivity index (χ3v) is 6.43. The molecule has 3 nitrogen and oxygen atoms in total. The van der Waals surface area contributed by atoms with E-state index < -0.39 is 0 Å². The standard InChI is InChI=1S/C33H22ClN3/c34-28-18-10-16-26(22-28)25-15-9-17-27(21-25)29-19-7-8-20-30(29)33-36-31(23-11-3-1-4-12-23)35-32(37-33)24-13-5-2-6-14-24/h1-22H. The van der Waals surface area contributed by atoms with Crippen LogP contribution in [0.3, 0.4) is 0 Å². The smallest absolute Gasteiger partial charge is 0.164 e. The fourth-order valence-electron chi connectivity index (χ4n) is 4.39. The average Bonchev–Trinajstić information content (AvgIpc) is 2.98. The minimum Gasteiger partial charge on any atom is -0.208 e. The maximum Gasteiger partial charge on any atom is 0.164 e. The molecular weight excluding hydrogens is 474 g/mol. The van der Waals surface area contributed by atoms with Crippen molar-refractivity contribution in [2.45, 2.75) is 0 Å². The van der Waals surface area contributed by atoms with Gasteiger partial charge in [-0.3, -0.25) is 0 Å². The van der Waals surface area contributed by atoms with Gasteiger partial charge >= 0.3 is 0 Å². The van der Waals surface area contributed by atoms with E-state index in [0.29, 0.717) is 17.5 Å². The first kappa shape index (κ1) is 22.8. The summed E-state index contributed by atoms with van der Waals surface area (Å²) in [6.45, 7) is 0. The molecule has 6 aromatic rings. The second kappa shape index (κ2) is 10.2. The van der Waals surface area contributed by atoms with E-state index in [9.17, 15) is 0 Å². The molecule has 0 amide bonds. The summed E-state index contributed by atoms with van der Waals surface area (Å²) in [6, 6.07) is 44.7. The van der Waals surface area contributed by atoms with Gasteiger partial charge in [-0.25, -0.2) is 15.0 Å². The number of halogens is 1. The monoisotopic (exact) mass is 495 g/mol. The van der Waals surface area contributed by atoms with Crippen molar-refractivity contribution in [1.82, 2.24) is 15.0 Å². The van der Waals surface area contributed by atoms with Crippen LogP contribution >= 0.6 is 11.6 Å². The molecule has 0 saturated heterocycles. The highest BCUT2D eigenvalue weighted by atomic mass is 35.5. The van der Waals surface area contributed by atoms with Gasteiger partial charge in [-0.1, -0.05) is 127 Å². The Balaban J connectivity index is 1.52. The molecule has 37 heavy (non-hydrogen) atoms. The van der Waals surface area contributed by atoms with Crippen LogP contribution in [0, 0.1) is 0 Å². The summed E-state index contributed by atoms with van der Waals surface area (Å²) >= 11 is 6.27. The first-order valence-corrected chi connectivity index (χ1v) is 12.5. The van der Waals surface area contributed by atoms with E-state index >= 15 is 0 Å². The van der Waals surface area contributed by atoms with Gasteiger partial charge in [0.05, 0.1) is 0 Å². The highest BCUT2D eigenvalue weighted by Crippen LogP contribution is 2.34. The number of aromatic nitrogens is 3. The van der Waals surface area contributed by atoms with Crippen LogP contribution in [0.5, 0.6) is 0 Å². The zero-order valence-corrected chi connectivity index (χ0v) is 20.7. The lowest BCUT2D eigenvalue weighted by atomic mass is 9.95. The molecule has 1 heterocycles. The van der Waals surface area contributed by atoms with Gasteiger partial charge in [0.1, 0.15) is 0 Å². The van der Waals surface area contributed by atoms with E-state index in [2.05, 4.69) is 42.5 Å². The quantitative estimate of drug-likeness (QED) is 0.240. The molecule has 6 rings (SSSR count). The van der Waals surface area contributed by atoms with Crippen LogP contribution in [-0.4, -0.2) is 15.0 Å². The van der Waals surface area contributed by atoms with Crippen molar-refractivity contribution in [3.8, 4) is 56.4 Å². The number of rotatable bonds is 5. The largest absolute Gasteiger partial charge is 0.208 e. The number of hydrogen-bond donors (Lipinski definition) is 0. The Labute approximate surface area is 221 Å². The zero-order valence-electron chi connectivity index (χ0n) is 19.9. The van der Waals surface area contributed by atoms with Gasteiger partial charge in [0.25, 0.3) is 0 Å². The van der Waals surface area contributed by atoms with Gasteiger partial charge in [0.2, 0.25) is 0 Å². The van der Waals surface area contributed by atoms with Crippen molar-refractivity contribution in [3.05, 3.63) is 138 Å². The molecule has 0 bridgehead atoms. The maximum absolute atomic E-state index is 6.27. The molecule has 176 valence electrons. The average molecular weight is 496 g/mol. The van der Waals surface area contributed by atoms with Crippen molar-refractivity contribution >= 4 is 11.6 Å². The van der Waals surface area contributed by atoms with Crippen molar-refractivity contribution in [1.29, 1.82) is 0 Å². The lowest BCUT2D eigenvalue weighted by Gasteiger charge is -2.13. The predicted octanol–water partition coefficient (Wildman–Crippen LogP) is 8.86. The Kier molecular flexibility index (Phi) is 6.28. The molecule has 0 atom stereocenters. The minimum absolute atomic E-state index is 0.636. The Hall–Kier alpha value is -4.60. The number of benzene rings is 5. The first-order chi connectivity index (χ1) is 18.2. The number of hydrogen-bond acceptors (Lipinski definition) is 3. The predicted molar refractivity (Wildman–Crippen MR) is 152 cm³/mol. The van der Waals surface area contributed by atoms with Crippen LogP contribution in [0.15, 0.2) is 133 Å². The molecule has 0 aliphatic carbocycles. The van der Waals surface area contributed by atoms with Crippen LogP contribution in [0.25, 0.3) is 56.4 Å². The van der Waals surface area contributed by atoms with Crippen LogP contribution < -0.4 is 0 Å². The highest BCUT2D eigenvalue weighted by molar-refractivity contribution is 6.30. The molecule has 0 N–H and O–H groups in total. The molecule has 0 aliphatic heterocycles. The van der Waals surface area contributed by atoms with Crippen molar-refractivity contribution < 1.29 is 0 Å². The summed E-state index contributed by atoms with van der Waals surface area (Å²) in [5.41, 5.74) is 7.15. The van der Waals surface area contributed by atoms with Crippen LogP contribution in [-0.2, 0) is 0 Å². The second-order valence-electron chi connectivity index (χ2n) is 8.68. The van der Waals surface area contributed by atoms with Gasteiger partial charge in [0, 0.05) is 21.7 Å². The Morgan fingerprint density at radius 2 is 0.811 bits per heavy atom. The van der Waals surface area contributed by atoms with Gasteiger partial charge < -0.3 is 0 Å². The first-order valence-electron chi connectivity index (χ1n) is 12.1. The van der Waals surface area contributed by atoms with Crippen molar-refractivity contribution in [3.63, 3.8) is 0 Å². The summed E-state index contributed by atoms with van der Waals surface area (Å²) in [7, 11) is 0. The lowest BCUT2D eigenvalue weighted by molar-refractivity contribution is 1.07. The van der Waals surface area contributed by atoms with Crippen molar-refractivity contribution in [2.75, 3.05) is 0 Å². The Bertz CT molecular complexity index is 1620. The van der Waals surface area contributed by atoms with E-state index in [-0.39, 0.29) is 0 Å². The summed E-state index contributed by atoms with van der Waals surface area (Å²) in [6.07, 6.45) is 0. The summed E-state index contributed by atoms with van der Waals surface area (Å²) in [4.78, 5) is 14.7. The molecule has 0 unspecified atom stereocenters. The van der Waals surface area contributed by atoms with Crippen LogP contribution in [0.2, 0.25) is 5.02 Å². The molecule has 5 aromatic carbocycles. The van der Waals surface area contributed by atoms with Gasteiger partial charge in [0.15, 0.2) is 17.5 Å². The molecule has 0 fully saturated rings. The molecule has 1 aromatic heterocycles. The van der Waals surface area contributed by atoms with E-state index in [0.717, 1.165) is 44.0 Å². The van der Waals surface area contributed by atoms with E-state index in [1.807, 2.05) is 91.0 Å². The Morgan fingerprint density at radius 1 is 0.351 bits per heavy atom. The van der Waals surface area contributed by atoms with Gasteiger partial charge in [-0.15, -0.1) is 0 Å². The molecular formula is C33H22ClN3. The molecule has 0 spiro atoms. The maximum atomic E-state index is 6.27. The minimum atomic E-state index is 0.636. The Morgan fingerprint density at radius 3 is 1.43 bits per heavy atom. The van der Waals surface area contributed by atoms with E-state index in [4.69, 9.17) is 26.6 Å².